The number of rotatable bonds is 4. The fraction of sp³-hybridized carbons (Fsp3) is 0.143. The molecule has 1 heterocycles. The van der Waals surface area contributed by atoms with Crippen LogP contribution in [0.25, 0.3) is 5.57 Å². The van der Waals surface area contributed by atoms with E-state index >= 15 is 0 Å². The minimum absolute atomic E-state index is 0.0492. The van der Waals surface area contributed by atoms with E-state index in [0.717, 1.165) is 27.2 Å². The zero-order valence-electron chi connectivity index (χ0n) is 18.1. The van der Waals surface area contributed by atoms with Crippen LogP contribution in [-0.4, -0.2) is 16.7 Å². The molecule has 2 bridgehead atoms. The smallest absolute Gasteiger partial charge is 0.274 e. The van der Waals surface area contributed by atoms with Gasteiger partial charge in [-0.25, -0.2) is 4.90 Å². The Labute approximate surface area is 196 Å². The van der Waals surface area contributed by atoms with Crippen LogP contribution in [0.3, 0.4) is 0 Å². The molecule has 6 rings (SSSR count). The van der Waals surface area contributed by atoms with E-state index in [2.05, 4.69) is 0 Å². The highest BCUT2D eigenvalue weighted by Crippen LogP contribution is 2.59. The highest BCUT2D eigenvalue weighted by Gasteiger charge is 2.63. The zero-order chi connectivity index (χ0) is 23.4. The normalized spacial score (nSPS) is 24.6. The molecule has 2 fully saturated rings. The highest BCUT2D eigenvalue weighted by molar-refractivity contribution is 6.24. The molecule has 6 heteroatoms. The number of benzene rings is 3. The number of imide groups is 1. The summed E-state index contributed by atoms with van der Waals surface area (Å²) in [6, 6.07) is 26.0. The number of carbonyl (C=O) groups is 2. The lowest BCUT2D eigenvalue weighted by Crippen LogP contribution is -2.33. The van der Waals surface area contributed by atoms with Crippen molar-refractivity contribution < 1.29 is 14.5 Å². The number of hydrogen-bond donors (Lipinski definition) is 0. The van der Waals surface area contributed by atoms with Crippen molar-refractivity contribution in [2.24, 2.45) is 23.7 Å². The average molecular weight is 448 g/mol. The van der Waals surface area contributed by atoms with Crippen LogP contribution in [-0.2, 0) is 9.59 Å². The molecule has 3 aliphatic rings. The Kier molecular flexibility index (Phi) is 4.55. The predicted molar refractivity (Wildman–Crippen MR) is 128 cm³/mol. The fourth-order valence-corrected chi connectivity index (χ4v) is 5.85. The molecule has 0 radical (unpaired) electrons. The van der Waals surface area contributed by atoms with Crippen LogP contribution in [0.2, 0.25) is 0 Å². The summed E-state index contributed by atoms with van der Waals surface area (Å²) in [5.41, 5.74) is 4.02. The second kappa shape index (κ2) is 7.63. The highest BCUT2D eigenvalue weighted by atomic mass is 16.6. The van der Waals surface area contributed by atoms with Crippen LogP contribution in [0.4, 0.5) is 11.4 Å². The third-order valence-corrected chi connectivity index (χ3v) is 7.15. The number of amides is 2. The molecule has 4 atom stereocenters. The van der Waals surface area contributed by atoms with Gasteiger partial charge in [-0.1, -0.05) is 84.9 Å². The second-order valence-electron chi connectivity index (χ2n) is 8.81. The number of fused-ring (bicyclic) bond motifs is 5. The summed E-state index contributed by atoms with van der Waals surface area (Å²) in [7, 11) is 0. The SMILES string of the molecule is O=C1[C@H]2[C@H](C(=O)N1c1ccccc1[N+](=O)[O-])[C@H]1C=C[C@@H]2C1=C(c1ccccc1)c1ccccc1. The molecular weight excluding hydrogens is 428 g/mol. The van der Waals surface area contributed by atoms with Gasteiger partial charge in [0.1, 0.15) is 5.69 Å². The summed E-state index contributed by atoms with van der Waals surface area (Å²) in [6.07, 6.45) is 4.06. The van der Waals surface area contributed by atoms with Gasteiger partial charge >= 0.3 is 0 Å². The summed E-state index contributed by atoms with van der Waals surface area (Å²) in [5.74, 6) is -2.29. The van der Waals surface area contributed by atoms with Gasteiger partial charge in [0.05, 0.1) is 16.8 Å². The Morgan fingerprint density at radius 1 is 0.706 bits per heavy atom. The lowest BCUT2D eigenvalue weighted by molar-refractivity contribution is -0.384. The standard InChI is InChI=1S/C28H20N2O4/c31-27-25-19-15-16-20(26(25)28(32)29(27)21-13-7-8-14-22(21)30(33)34)24(19)23(17-9-3-1-4-10-17)18-11-5-2-6-12-18/h1-16,19-20,25-26H/t19-,20+,25-,26-/m1/s1. The lowest BCUT2D eigenvalue weighted by atomic mass is 9.85. The Balaban J connectivity index is 1.49. The van der Waals surface area contributed by atoms with Crippen LogP contribution in [0.1, 0.15) is 11.1 Å². The summed E-state index contributed by atoms with van der Waals surface area (Å²) in [4.78, 5) is 39.3. The first-order valence-corrected chi connectivity index (χ1v) is 11.2. The Morgan fingerprint density at radius 2 is 1.18 bits per heavy atom. The number of nitrogens with zero attached hydrogens (tertiary/aromatic N) is 2. The van der Waals surface area contributed by atoms with E-state index in [9.17, 15) is 19.7 Å². The van der Waals surface area contributed by atoms with Gasteiger partial charge in [0.25, 0.3) is 5.69 Å². The molecule has 2 amide bonds. The van der Waals surface area contributed by atoms with E-state index in [-0.39, 0.29) is 35.0 Å². The maximum absolute atomic E-state index is 13.6. The largest absolute Gasteiger partial charge is 0.293 e. The van der Waals surface area contributed by atoms with E-state index in [0.29, 0.717) is 0 Å². The minimum Gasteiger partial charge on any atom is -0.274 e. The van der Waals surface area contributed by atoms with Crippen LogP contribution in [0, 0.1) is 33.8 Å². The molecule has 1 aliphatic heterocycles. The van der Waals surface area contributed by atoms with Gasteiger partial charge in [0, 0.05) is 17.9 Å². The first-order valence-electron chi connectivity index (χ1n) is 11.2. The summed E-state index contributed by atoms with van der Waals surface area (Å²) >= 11 is 0. The molecular formula is C28H20N2O4. The van der Waals surface area contributed by atoms with Crippen molar-refractivity contribution in [1.82, 2.24) is 0 Å². The van der Waals surface area contributed by atoms with E-state index < -0.39 is 16.8 Å². The maximum Gasteiger partial charge on any atom is 0.293 e. The molecule has 3 aromatic rings. The minimum atomic E-state index is -0.556. The van der Waals surface area contributed by atoms with Crippen molar-refractivity contribution in [3.05, 3.63) is 124 Å². The molecule has 0 N–H and O–H groups in total. The number of anilines is 1. The molecule has 6 nitrogen and oxygen atoms in total. The number of nitro groups is 1. The fourth-order valence-electron chi connectivity index (χ4n) is 5.85. The van der Waals surface area contributed by atoms with Gasteiger partial charge in [-0.15, -0.1) is 0 Å². The van der Waals surface area contributed by atoms with Gasteiger partial charge in [0.15, 0.2) is 0 Å². The van der Waals surface area contributed by atoms with Crippen LogP contribution >= 0.6 is 0 Å². The molecule has 3 aromatic carbocycles. The first-order chi connectivity index (χ1) is 16.6. The number of allylic oxidation sites excluding steroid dienone is 3. The molecule has 0 aromatic heterocycles. The zero-order valence-corrected chi connectivity index (χ0v) is 18.1. The van der Waals surface area contributed by atoms with Crippen LogP contribution in [0.15, 0.2) is 103 Å². The number of carbonyl (C=O) groups excluding carboxylic acids is 2. The Morgan fingerprint density at radius 3 is 1.68 bits per heavy atom. The monoisotopic (exact) mass is 448 g/mol. The van der Waals surface area contributed by atoms with E-state index in [1.807, 2.05) is 72.8 Å². The molecule has 0 spiro atoms. The Bertz CT molecular complexity index is 1320. The molecule has 34 heavy (non-hydrogen) atoms. The van der Waals surface area contributed by atoms with Crippen molar-refractivity contribution >= 4 is 28.8 Å². The van der Waals surface area contributed by atoms with E-state index in [4.69, 9.17) is 0 Å². The van der Waals surface area contributed by atoms with Gasteiger partial charge in [-0.05, 0) is 28.3 Å². The van der Waals surface area contributed by atoms with Crippen molar-refractivity contribution in [3.63, 3.8) is 0 Å². The average Bonchev–Trinajstić information content (AvgIpc) is 3.50. The van der Waals surface area contributed by atoms with Gasteiger partial charge < -0.3 is 0 Å². The van der Waals surface area contributed by atoms with Gasteiger partial charge in [-0.2, -0.15) is 0 Å². The van der Waals surface area contributed by atoms with Crippen LogP contribution < -0.4 is 4.90 Å². The summed E-state index contributed by atoms with van der Waals surface area (Å²) < 4.78 is 0. The van der Waals surface area contributed by atoms with E-state index in [1.54, 1.807) is 6.07 Å². The van der Waals surface area contributed by atoms with Crippen molar-refractivity contribution in [1.29, 1.82) is 0 Å². The maximum atomic E-state index is 13.6. The third-order valence-electron chi connectivity index (χ3n) is 7.15. The quantitative estimate of drug-likeness (QED) is 0.243. The number of hydrogen-bond acceptors (Lipinski definition) is 4. The number of nitro benzene ring substituents is 1. The second-order valence-corrected chi connectivity index (χ2v) is 8.81. The predicted octanol–water partition coefficient (Wildman–Crippen LogP) is 5.02. The van der Waals surface area contributed by atoms with Crippen molar-refractivity contribution in [2.75, 3.05) is 4.90 Å². The topological polar surface area (TPSA) is 80.5 Å². The molecule has 0 unspecified atom stereocenters. The Hall–Kier alpha value is -4.32. The molecule has 2 aliphatic carbocycles. The summed E-state index contributed by atoms with van der Waals surface area (Å²) in [5, 5.41) is 11.6. The van der Waals surface area contributed by atoms with Crippen LogP contribution in [0.5, 0.6) is 0 Å². The van der Waals surface area contributed by atoms with Gasteiger partial charge in [0.2, 0.25) is 11.8 Å². The number of para-hydroxylation sites is 2. The van der Waals surface area contributed by atoms with Gasteiger partial charge in [-0.3, -0.25) is 19.7 Å². The molecule has 1 saturated heterocycles. The molecule has 166 valence electrons. The molecule has 1 saturated carbocycles. The third kappa shape index (κ3) is 2.81. The lowest BCUT2D eigenvalue weighted by Gasteiger charge is -2.21. The summed E-state index contributed by atoms with van der Waals surface area (Å²) in [6.45, 7) is 0. The first kappa shape index (κ1) is 20.3. The van der Waals surface area contributed by atoms with E-state index in [1.165, 1.54) is 18.2 Å². The van der Waals surface area contributed by atoms with Crippen molar-refractivity contribution in [3.8, 4) is 0 Å². The van der Waals surface area contributed by atoms with Crippen molar-refractivity contribution in [2.45, 2.75) is 0 Å².